The topological polar surface area (TPSA) is 0 Å². The van der Waals surface area contributed by atoms with Crippen molar-refractivity contribution >= 4 is 0 Å². The van der Waals surface area contributed by atoms with E-state index in [0.717, 1.165) is 11.3 Å². The minimum absolute atomic E-state index is 0.769. The zero-order valence-electron chi connectivity index (χ0n) is 6.77. The van der Waals surface area contributed by atoms with Gasteiger partial charge in [-0.05, 0) is 43.4 Å². The van der Waals surface area contributed by atoms with Gasteiger partial charge in [0.2, 0.25) is 0 Å². The third kappa shape index (κ3) is 1.00. The van der Waals surface area contributed by atoms with Crippen LogP contribution in [0.1, 0.15) is 39.0 Å². The maximum atomic E-state index is 2.46. The Morgan fingerprint density at radius 2 is 2.10 bits per heavy atom. The van der Waals surface area contributed by atoms with Crippen LogP contribution in [-0.2, 0) is 0 Å². The zero-order chi connectivity index (χ0) is 7.03. The van der Waals surface area contributed by atoms with Gasteiger partial charge >= 0.3 is 0 Å². The molecule has 0 aliphatic heterocycles. The van der Waals surface area contributed by atoms with Gasteiger partial charge in [0.05, 0.1) is 0 Å². The Labute approximate surface area is 63.3 Å². The molecule has 56 valence electrons. The van der Waals surface area contributed by atoms with Crippen molar-refractivity contribution in [2.75, 3.05) is 0 Å². The first-order valence-electron chi connectivity index (χ1n) is 4.46. The lowest BCUT2D eigenvalue weighted by molar-refractivity contribution is 0.446. The van der Waals surface area contributed by atoms with E-state index in [-0.39, 0.29) is 0 Å². The van der Waals surface area contributed by atoms with Crippen LogP contribution in [0.3, 0.4) is 0 Å². The molecule has 0 aromatic rings. The Morgan fingerprint density at radius 1 is 1.30 bits per heavy atom. The third-order valence-corrected chi connectivity index (χ3v) is 3.27. The van der Waals surface area contributed by atoms with Gasteiger partial charge in [0, 0.05) is 0 Å². The highest BCUT2D eigenvalue weighted by atomic mass is 14.5. The van der Waals surface area contributed by atoms with E-state index in [2.05, 4.69) is 19.1 Å². The van der Waals surface area contributed by atoms with Crippen molar-refractivity contribution in [2.45, 2.75) is 39.0 Å². The van der Waals surface area contributed by atoms with Gasteiger partial charge in [0.25, 0.3) is 0 Å². The van der Waals surface area contributed by atoms with Crippen molar-refractivity contribution in [3.63, 3.8) is 0 Å². The van der Waals surface area contributed by atoms with Crippen LogP contribution in [0.2, 0.25) is 0 Å². The smallest absolute Gasteiger partial charge is 0.0291 e. The summed E-state index contributed by atoms with van der Waals surface area (Å²) >= 11 is 0. The normalized spacial score (nSPS) is 48.7. The maximum absolute atomic E-state index is 2.46. The lowest BCUT2D eigenvalue weighted by atomic mass is 9.95. The Hall–Kier alpha value is -0.260. The highest BCUT2D eigenvalue weighted by molar-refractivity contribution is 5.03. The molecule has 1 saturated carbocycles. The number of rotatable bonds is 0. The first kappa shape index (κ1) is 6.45. The van der Waals surface area contributed by atoms with Crippen LogP contribution in [-0.4, -0.2) is 0 Å². The SMILES string of the molecule is CC12CC/C=C\CCC1C2. The standard InChI is InChI=1S/C10H16/c1-10-7-5-3-2-4-6-9(10)8-10/h2-3,9H,4-8H2,1H3/b3-2-. The Balaban J connectivity index is 2.00. The van der Waals surface area contributed by atoms with Crippen LogP contribution in [0.25, 0.3) is 0 Å². The van der Waals surface area contributed by atoms with Gasteiger partial charge in [-0.1, -0.05) is 19.1 Å². The quantitative estimate of drug-likeness (QED) is 0.449. The van der Waals surface area contributed by atoms with Crippen molar-refractivity contribution in [1.82, 2.24) is 0 Å². The summed E-state index contributed by atoms with van der Waals surface area (Å²) in [7, 11) is 0. The molecule has 2 atom stereocenters. The number of allylic oxidation sites excluding steroid dienone is 2. The molecular formula is C10H16. The second-order valence-corrected chi connectivity index (χ2v) is 4.14. The maximum Gasteiger partial charge on any atom is -0.0291 e. The lowest BCUT2D eigenvalue weighted by Gasteiger charge is -2.10. The highest BCUT2D eigenvalue weighted by Crippen LogP contribution is 2.58. The molecular weight excluding hydrogens is 120 g/mol. The molecule has 2 aliphatic carbocycles. The fraction of sp³-hybridized carbons (Fsp3) is 0.800. The van der Waals surface area contributed by atoms with E-state index in [1.807, 2.05) is 0 Å². The van der Waals surface area contributed by atoms with Crippen molar-refractivity contribution in [1.29, 1.82) is 0 Å². The number of hydrogen-bond donors (Lipinski definition) is 0. The van der Waals surface area contributed by atoms with Crippen LogP contribution < -0.4 is 0 Å². The molecule has 0 radical (unpaired) electrons. The molecule has 0 bridgehead atoms. The van der Waals surface area contributed by atoms with Gasteiger partial charge in [-0.2, -0.15) is 0 Å². The van der Waals surface area contributed by atoms with Crippen molar-refractivity contribution < 1.29 is 0 Å². The molecule has 1 fully saturated rings. The second kappa shape index (κ2) is 2.11. The molecule has 10 heavy (non-hydrogen) atoms. The predicted octanol–water partition coefficient (Wildman–Crippen LogP) is 3.14. The Kier molecular flexibility index (Phi) is 1.36. The second-order valence-electron chi connectivity index (χ2n) is 4.14. The monoisotopic (exact) mass is 136 g/mol. The highest BCUT2D eigenvalue weighted by Gasteiger charge is 2.48. The van der Waals surface area contributed by atoms with E-state index in [4.69, 9.17) is 0 Å². The Morgan fingerprint density at radius 3 is 3.00 bits per heavy atom. The summed E-state index contributed by atoms with van der Waals surface area (Å²) in [5.74, 6) is 1.08. The third-order valence-electron chi connectivity index (χ3n) is 3.27. The van der Waals surface area contributed by atoms with E-state index >= 15 is 0 Å². The molecule has 0 aromatic heterocycles. The molecule has 2 unspecified atom stereocenters. The van der Waals surface area contributed by atoms with Gasteiger partial charge in [-0.3, -0.25) is 0 Å². The molecule has 0 heterocycles. The molecule has 2 aliphatic rings. The van der Waals surface area contributed by atoms with E-state index in [1.165, 1.54) is 32.1 Å². The minimum atomic E-state index is 0.769. The minimum Gasteiger partial charge on any atom is -0.0885 e. The van der Waals surface area contributed by atoms with Gasteiger partial charge in [-0.15, -0.1) is 0 Å². The van der Waals surface area contributed by atoms with E-state index in [9.17, 15) is 0 Å². The van der Waals surface area contributed by atoms with E-state index < -0.39 is 0 Å². The first-order chi connectivity index (χ1) is 4.81. The van der Waals surface area contributed by atoms with Crippen LogP contribution in [0.4, 0.5) is 0 Å². The molecule has 0 nitrogen and oxygen atoms in total. The molecule has 0 saturated heterocycles. The predicted molar refractivity (Wildman–Crippen MR) is 43.8 cm³/mol. The van der Waals surface area contributed by atoms with Crippen molar-refractivity contribution in [2.24, 2.45) is 11.3 Å². The fourth-order valence-corrected chi connectivity index (χ4v) is 2.21. The van der Waals surface area contributed by atoms with Crippen LogP contribution >= 0.6 is 0 Å². The van der Waals surface area contributed by atoms with Gasteiger partial charge in [0.1, 0.15) is 0 Å². The van der Waals surface area contributed by atoms with E-state index in [1.54, 1.807) is 0 Å². The van der Waals surface area contributed by atoms with Crippen LogP contribution in [0.5, 0.6) is 0 Å². The average Bonchev–Trinajstić information content (AvgIpc) is 2.44. The molecule has 2 rings (SSSR count). The molecule has 0 N–H and O–H groups in total. The fourth-order valence-electron chi connectivity index (χ4n) is 2.21. The first-order valence-corrected chi connectivity index (χ1v) is 4.46. The van der Waals surface area contributed by atoms with Crippen molar-refractivity contribution in [3.05, 3.63) is 12.2 Å². The summed E-state index contributed by atoms with van der Waals surface area (Å²) < 4.78 is 0. The summed E-state index contributed by atoms with van der Waals surface area (Å²) in [4.78, 5) is 0. The largest absolute Gasteiger partial charge is 0.0885 e. The Bertz CT molecular complexity index is 157. The summed E-state index contributed by atoms with van der Waals surface area (Å²) in [6.07, 6.45) is 11.8. The zero-order valence-corrected chi connectivity index (χ0v) is 6.77. The summed E-state index contributed by atoms with van der Waals surface area (Å²) in [6, 6.07) is 0. The van der Waals surface area contributed by atoms with Gasteiger partial charge < -0.3 is 0 Å². The van der Waals surface area contributed by atoms with Crippen molar-refractivity contribution in [3.8, 4) is 0 Å². The molecule has 0 spiro atoms. The number of hydrogen-bond acceptors (Lipinski definition) is 0. The average molecular weight is 136 g/mol. The van der Waals surface area contributed by atoms with Gasteiger partial charge in [0.15, 0.2) is 0 Å². The lowest BCUT2D eigenvalue weighted by Crippen LogP contribution is -1.98. The van der Waals surface area contributed by atoms with Crippen LogP contribution in [0.15, 0.2) is 12.2 Å². The summed E-state index contributed by atoms with van der Waals surface area (Å²) in [5.41, 5.74) is 0.769. The van der Waals surface area contributed by atoms with Gasteiger partial charge in [-0.25, -0.2) is 0 Å². The molecule has 0 heteroatoms. The summed E-state index contributed by atoms with van der Waals surface area (Å²) in [6.45, 7) is 2.46. The summed E-state index contributed by atoms with van der Waals surface area (Å²) in [5, 5.41) is 0. The molecule has 0 aromatic carbocycles. The molecule has 0 amide bonds. The van der Waals surface area contributed by atoms with Crippen LogP contribution in [0, 0.1) is 11.3 Å². The van der Waals surface area contributed by atoms with E-state index in [0.29, 0.717) is 0 Å². The number of fused-ring (bicyclic) bond motifs is 1.